The quantitative estimate of drug-likeness (QED) is 0.356. The first-order valence-electron chi connectivity index (χ1n) is 9.04. The van der Waals surface area contributed by atoms with Crippen LogP contribution in [0.4, 0.5) is 11.4 Å². The molecule has 0 aromatic heterocycles. The fourth-order valence-corrected chi connectivity index (χ4v) is 3.84. The molecular weight excluding hydrogens is 398 g/mol. The Morgan fingerprint density at radius 2 is 1.72 bits per heavy atom. The van der Waals surface area contributed by atoms with Gasteiger partial charge in [0, 0.05) is 18.3 Å². The molecule has 10 heteroatoms. The highest BCUT2D eigenvalue weighted by Gasteiger charge is 2.25. The van der Waals surface area contributed by atoms with Crippen LogP contribution in [-0.2, 0) is 14.8 Å². The van der Waals surface area contributed by atoms with Crippen molar-refractivity contribution < 1.29 is 22.9 Å². The lowest BCUT2D eigenvalue weighted by molar-refractivity contribution is -0.387. The van der Waals surface area contributed by atoms with Gasteiger partial charge in [-0.05, 0) is 43.4 Å². The number of hydrogen-bond acceptors (Lipinski definition) is 7. The molecule has 0 unspecified atom stereocenters. The van der Waals surface area contributed by atoms with Crippen molar-refractivity contribution in [3.05, 3.63) is 64.2 Å². The van der Waals surface area contributed by atoms with Crippen LogP contribution >= 0.6 is 0 Å². The van der Waals surface area contributed by atoms with Gasteiger partial charge in [-0.1, -0.05) is 26.0 Å². The molecule has 0 radical (unpaired) electrons. The van der Waals surface area contributed by atoms with Crippen LogP contribution in [0, 0.1) is 10.1 Å². The number of para-hydroxylation sites is 1. The fraction of sp³-hybridized carbons (Fsp3) is 0.316. The molecule has 2 rings (SSSR count). The van der Waals surface area contributed by atoms with Gasteiger partial charge in [-0.25, -0.2) is 13.2 Å². The number of nitro groups is 1. The summed E-state index contributed by atoms with van der Waals surface area (Å²) in [6.45, 7) is 6.66. The van der Waals surface area contributed by atoms with E-state index in [1.807, 2.05) is 13.8 Å². The van der Waals surface area contributed by atoms with Crippen molar-refractivity contribution in [2.45, 2.75) is 18.7 Å². The first-order valence-corrected chi connectivity index (χ1v) is 10.5. The maximum absolute atomic E-state index is 12.5. The van der Waals surface area contributed by atoms with Gasteiger partial charge in [0.15, 0.2) is 4.90 Å². The Balaban J connectivity index is 2.05. The molecule has 0 aliphatic rings. The lowest BCUT2D eigenvalue weighted by atomic mass is 10.2. The van der Waals surface area contributed by atoms with Crippen molar-refractivity contribution in [2.75, 3.05) is 31.0 Å². The summed E-state index contributed by atoms with van der Waals surface area (Å²) in [5, 5.41) is 11.1. The summed E-state index contributed by atoms with van der Waals surface area (Å²) in [5.41, 5.74) is -0.0746. The SMILES string of the molecule is CCN(CC)CCOC(=O)c1ccc(NS(=O)(=O)c2ccccc2[N+](=O)[O-])cc1. The first kappa shape index (κ1) is 22.3. The maximum Gasteiger partial charge on any atom is 0.338 e. The topological polar surface area (TPSA) is 119 Å². The lowest BCUT2D eigenvalue weighted by Gasteiger charge is -2.17. The van der Waals surface area contributed by atoms with E-state index >= 15 is 0 Å². The standard InChI is InChI=1S/C19H23N3O6S/c1-3-21(4-2)13-14-28-19(23)15-9-11-16(12-10-15)20-29(26,27)18-8-6-5-7-17(18)22(24)25/h5-12,20H,3-4,13-14H2,1-2H3. The minimum absolute atomic E-state index is 0.169. The number of esters is 1. The molecule has 0 fully saturated rings. The van der Waals surface area contributed by atoms with E-state index in [1.165, 1.54) is 36.4 Å². The normalized spacial score (nSPS) is 11.3. The molecule has 9 nitrogen and oxygen atoms in total. The van der Waals surface area contributed by atoms with E-state index in [4.69, 9.17) is 4.74 Å². The second-order valence-corrected chi connectivity index (χ2v) is 7.72. The number of benzene rings is 2. The number of nitrogens with zero attached hydrogens (tertiary/aromatic N) is 2. The number of sulfonamides is 1. The molecule has 0 bridgehead atoms. The highest BCUT2D eigenvalue weighted by molar-refractivity contribution is 7.92. The fourth-order valence-electron chi connectivity index (χ4n) is 2.61. The smallest absolute Gasteiger partial charge is 0.338 e. The van der Waals surface area contributed by atoms with Gasteiger partial charge in [-0.3, -0.25) is 14.8 Å². The summed E-state index contributed by atoms with van der Waals surface area (Å²) in [6.07, 6.45) is 0. The molecule has 1 N–H and O–H groups in total. The third kappa shape index (κ3) is 6.00. The zero-order valence-corrected chi connectivity index (χ0v) is 17.0. The van der Waals surface area contributed by atoms with Gasteiger partial charge in [0.05, 0.1) is 10.5 Å². The minimum Gasteiger partial charge on any atom is -0.461 e. The summed E-state index contributed by atoms with van der Waals surface area (Å²) in [6, 6.07) is 10.7. The van der Waals surface area contributed by atoms with Crippen LogP contribution in [0.2, 0.25) is 0 Å². The van der Waals surface area contributed by atoms with Crippen molar-refractivity contribution in [3.63, 3.8) is 0 Å². The molecule has 0 aliphatic heterocycles. The number of nitro benzene ring substituents is 1. The third-order valence-electron chi connectivity index (χ3n) is 4.26. The van der Waals surface area contributed by atoms with Crippen LogP contribution in [0.15, 0.2) is 53.4 Å². The summed E-state index contributed by atoms with van der Waals surface area (Å²) in [4.78, 5) is 24.1. The Morgan fingerprint density at radius 3 is 2.31 bits per heavy atom. The van der Waals surface area contributed by atoms with E-state index in [1.54, 1.807) is 0 Å². The van der Waals surface area contributed by atoms with E-state index in [9.17, 15) is 23.3 Å². The van der Waals surface area contributed by atoms with E-state index in [0.717, 1.165) is 25.2 Å². The molecule has 2 aromatic rings. The molecule has 0 amide bonds. The van der Waals surface area contributed by atoms with Crippen LogP contribution in [0.3, 0.4) is 0 Å². The van der Waals surface area contributed by atoms with E-state index in [-0.39, 0.29) is 17.9 Å². The molecule has 0 saturated carbocycles. The Bertz CT molecular complexity index is 956. The van der Waals surface area contributed by atoms with Crippen molar-refractivity contribution in [2.24, 2.45) is 0 Å². The zero-order valence-electron chi connectivity index (χ0n) is 16.2. The third-order valence-corrected chi connectivity index (χ3v) is 5.69. The Labute approximate surface area is 169 Å². The van der Waals surface area contributed by atoms with Gasteiger partial charge in [-0.2, -0.15) is 0 Å². The first-order chi connectivity index (χ1) is 13.8. The number of likely N-dealkylation sites (N-methyl/N-ethyl adjacent to an activating group) is 1. The monoisotopic (exact) mass is 421 g/mol. The van der Waals surface area contributed by atoms with E-state index in [0.29, 0.717) is 6.54 Å². The number of hydrogen-bond donors (Lipinski definition) is 1. The highest BCUT2D eigenvalue weighted by atomic mass is 32.2. The predicted octanol–water partition coefficient (Wildman–Crippen LogP) is 2.89. The van der Waals surface area contributed by atoms with Gasteiger partial charge < -0.3 is 9.64 Å². The van der Waals surface area contributed by atoms with E-state index < -0.39 is 31.5 Å². The number of carbonyl (C=O) groups excluding carboxylic acids is 1. The second-order valence-electron chi connectivity index (χ2n) is 6.07. The van der Waals surface area contributed by atoms with Gasteiger partial charge in [-0.15, -0.1) is 0 Å². The van der Waals surface area contributed by atoms with Crippen molar-refractivity contribution >= 4 is 27.4 Å². The summed E-state index contributed by atoms with van der Waals surface area (Å²) >= 11 is 0. The molecule has 0 atom stereocenters. The number of anilines is 1. The Morgan fingerprint density at radius 1 is 1.10 bits per heavy atom. The minimum atomic E-state index is -4.17. The number of rotatable bonds is 10. The molecule has 0 heterocycles. The molecule has 29 heavy (non-hydrogen) atoms. The molecular formula is C19H23N3O6S. The molecule has 2 aromatic carbocycles. The van der Waals surface area contributed by atoms with Crippen LogP contribution in [0.5, 0.6) is 0 Å². The second kappa shape index (κ2) is 9.99. The summed E-state index contributed by atoms with van der Waals surface area (Å²) < 4.78 is 32.5. The van der Waals surface area contributed by atoms with Crippen molar-refractivity contribution in [1.82, 2.24) is 4.90 Å². The van der Waals surface area contributed by atoms with Gasteiger partial charge in [0.25, 0.3) is 15.7 Å². The Hall–Kier alpha value is -2.98. The predicted molar refractivity (Wildman–Crippen MR) is 108 cm³/mol. The number of ether oxygens (including phenoxy) is 1. The van der Waals surface area contributed by atoms with Crippen LogP contribution in [0.1, 0.15) is 24.2 Å². The van der Waals surface area contributed by atoms with Gasteiger partial charge >= 0.3 is 5.97 Å². The van der Waals surface area contributed by atoms with E-state index in [2.05, 4.69) is 9.62 Å². The molecule has 0 spiro atoms. The van der Waals surface area contributed by atoms with Crippen LogP contribution < -0.4 is 4.72 Å². The lowest BCUT2D eigenvalue weighted by Crippen LogP contribution is -2.27. The van der Waals surface area contributed by atoms with Crippen LogP contribution in [0.25, 0.3) is 0 Å². The van der Waals surface area contributed by atoms with Crippen molar-refractivity contribution in [3.8, 4) is 0 Å². The average Bonchev–Trinajstić information content (AvgIpc) is 2.71. The number of carbonyl (C=O) groups is 1. The molecule has 0 saturated heterocycles. The van der Waals surface area contributed by atoms with Gasteiger partial charge in [0.1, 0.15) is 6.61 Å². The Kier molecular flexibility index (Phi) is 7.68. The van der Waals surface area contributed by atoms with Crippen LogP contribution in [-0.4, -0.2) is 50.5 Å². The highest BCUT2D eigenvalue weighted by Crippen LogP contribution is 2.25. The molecule has 0 aliphatic carbocycles. The zero-order chi connectivity index (χ0) is 21.4. The van der Waals surface area contributed by atoms with Crippen molar-refractivity contribution in [1.29, 1.82) is 0 Å². The van der Waals surface area contributed by atoms with Gasteiger partial charge in [0.2, 0.25) is 0 Å². The maximum atomic E-state index is 12.5. The summed E-state index contributed by atoms with van der Waals surface area (Å²) in [5.74, 6) is -0.509. The largest absolute Gasteiger partial charge is 0.461 e. The number of nitrogens with one attached hydrogen (secondary N) is 1. The average molecular weight is 421 g/mol. The molecule has 156 valence electrons. The summed E-state index contributed by atoms with van der Waals surface area (Å²) in [7, 11) is -4.17.